The molecule has 4 rings (SSSR count). The van der Waals surface area contributed by atoms with Crippen molar-refractivity contribution in [3.05, 3.63) is 69.7 Å². The Kier molecular flexibility index (Phi) is 15.1. The van der Waals surface area contributed by atoms with E-state index in [1.54, 1.807) is 25.6 Å². The van der Waals surface area contributed by atoms with Crippen LogP contribution in [0.4, 0.5) is 5.69 Å². The maximum Gasteiger partial charge on any atom is 0.414 e. The number of hydrogen-bond acceptors (Lipinski definition) is 11. The van der Waals surface area contributed by atoms with E-state index in [9.17, 15) is 4.79 Å². The molecule has 1 aliphatic heterocycles. The van der Waals surface area contributed by atoms with Gasteiger partial charge in [-0.05, 0) is 36.2 Å². The van der Waals surface area contributed by atoms with Crippen molar-refractivity contribution in [1.82, 2.24) is 14.8 Å². The summed E-state index contributed by atoms with van der Waals surface area (Å²) in [6.45, 7) is 7.70. The Morgan fingerprint density at radius 3 is 1.87 bits per heavy atom. The number of nitrogens with zero attached hydrogens (tertiary/aromatic N) is 3. The Labute approximate surface area is 268 Å². The lowest BCUT2D eigenvalue weighted by Gasteiger charge is -2.34. The summed E-state index contributed by atoms with van der Waals surface area (Å²) >= 11 is 1.56. The highest BCUT2D eigenvalue weighted by molar-refractivity contribution is 7.09. The number of carboxylic acid groups (broad SMARTS) is 4. The maximum absolute atomic E-state index is 12.4. The lowest BCUT2D eigenvalue weighted by molar-refractivity contribution is -0.159. The molecule has 0 aliphatic carbocycles. The van der Waals surface area contributed by atoms with Gasteiger partial charge in [0, 0.05) is 50.3 Å². The molecule has 1 amide bonds. The van der Waals surface area contributed by atoms with E-state index in [2.05, 4.69) is 32.6 Å². The molecule has 3 aromatic rings. The standard InChI is InChI=1S/C26H32N4O3S.2C2H2O4/c1-19-6-4-5-7-22(19)28-25(31)15-26-27-21(18-34-26)17-30-12-10-29(11-13-30)16-20-8-9-23(32-2)24(14-20)33-3;2*3-1(4)2(5)6/h4-9,14,18H,10-13,15-17H2,1-3H3,(H,28,31);2*(H,3,4)(H,5,6). The van der Waals surface area contributed by atoms with Crippen LogP contribution in [0.15, 0.2) is 47.8 Å². The fourth-order valence-electron chi connectivity index (χ4n) is 4.12. The number of aliphatic carboxylic acids is 4. The van der Waals surface area contributed by atoms with Crippen molar-refractivity contribution in [2.75, 3.05) is 45.7 Å². The third kappa shape index (κ3) is 12.9. The number of aryl methyl sites for hydroxylation is 1. The van der Waals surface area contributed by atoms with E-state index >= 15 is 0 Å². The van der Waals surface area contributed by atoms with Crippen molar-refractivity contribution in [2.45, 2.75) is 26.4 Å². The number of aromatic nitrogens is 1. The minimum atomic E-state index is -1.82. The molecule has 16 heteroatoms. The van der Waals surface area contributed by atoms with E-state index < -0.39 is 23.9 Å². The van der Waals surface area contributed by atoms with E-state index in [1.165, 1.54) is 5.56 Å². The third-order valence-corrected chi connectivity index (χ3v) is 7.30. The lowest BCUT2D eigenvalue weighted by Crippen LogP contribution is -2.45. The summed E-state index contributed by atoms with van der Waals surface area (Å²) in [5.41, 5.74) is 4.17. The van der Waals surface area contributed by atoms with Crippen molar-refractivity contribution in [1.29, 1.82) is 0 Å². The van der Waals surface area contributed by atoms with Crippen LogP contribution >= 0.6 is 11.3 Å². The highest BCUT2D eigenvalue weighted by Gasteiger charge is 2.19. The second-order valence-corrected chi connectivity index (χ2v) is 10.7. The van der Waals surface area contributed by atoms with Gasteiger partial charge >= 0.3 is 23.9 Å². The van der Waals surface area contributed by atoms with Gasteiger partial charge in [-0.3, -0.25) is 14.6 Å². The normalized spacial score (nSPS) is 12.8. The number of hydrogen-bond donors (Lipinski definition) is 5. The molecule has 0 unspecified atom stereocenters. The van der Waals surface area contributed by atoms with Crippen LogP contribution in [0.25, 0.3) is 0 Å². The largest absolute Gasteiger partial charge is 0.493 e. The predicted molar refractivity (Wildman–Crippen MR) is 166 cm³/mol. The van der Waals surface area contributed by atoms with E-state index in [0.29, 0.717) is 6.42 Å². The summed E-state index contributed by atoms with van der Waals surface area (Å²) in [4.78, 5) is 58.4. The molecular weight excluding hydrogens is 624 g/mol. The van der Waals surface area contributed by atoms with Crippen LogP contribution in [0.1, 0.15) is 21.8 Å². The smallest absolute Gasteiger partial charge is 0.414 e. The van der Waals surface area contributed by atoms with Crippen molar-refractivity contribution in [3.63, 3.8) is 0 Å². The maximum atomic E-state index is 12.4. The molecule has 1 aliphatic rings. The van der Waals surface area contributed by atoms with E-state index in [1.807, 2.05) is 37.3 Å². The Morgan fingerprint density at radius 1 is 0.804 bits per heavy atom. The Bertz CT molecular complexity index is 1460. The van der Waals surface area contributed by atoms with Gasteiger partial charge in [-0.25, -0.2) is 24.2 Å². The summed E-state index contributed by atoms with van der Waals surface area (Å²) in [5, 5.41) is 35.5. The van der Waals surface area contributed by atoms with E-state index in [4.69, 9.17) is 54.1 Å². The number of amides is 1. The van der Waals surface area contributed by atoms with Crippen molar-refractivity contribution in [2.24, 2.45) is 0 Å². The predicted octanol–water partition coefficient (Wildman–Crippen LogP) is 2.28. The summed E-state index contributed by atoms with van der Waals surface area (Å²) in [7, 11) is 3.32. The summed E-state index contributed by atoms with van der Waals surface area (Å²) < 4.78 is 10.8. The van der Waals surface area contributed by atoms with Gasteiger partial charge in [0.25, 0.3) is 0 Å². The van der Waals surface area contributed by atoms with Gasteiger partial charge in [0.05, 0.1) is 26.3 Å². The number of ether oxygens (including phenoxy) is 2. The fraction of sp³-hybridized carbons (Fsp3) is 0.333. The summed E-state index contributed by atoms with van der Waals surface area (Å²) in [5.74, 6) is -5.80. The number of anilines is 1. The first kappa shape index (κ1) is 37.1. The molecular formula is C30H36N4O11S. The number of carboxylic acids is 4. The monoisotopic (exact) mass is 660 g/mol. The van der Waals surface area contributed by atoms with Crippen molar-refractivity contribution in [3.8, 4) is 11.5 Å². The van der Waals surface area contributed by atoms with Gasteiger partial charge < -0.3 is 35.2 Å². The average Bonchev–Trinajstić information content (AvgIpc) is 3.45. The Hall–Kier alpha value is -5.06. The van der Waals surface area contributed by atoms with Gasteiger partial charge in [-0.15, -0.1) is 11.3 Å². The molecule has 1 fully saturated rings. The van der Waals surface area contributed by atoms with Crippen LogP contribution in [0.3, 0.4) is 0 Å². The molecule has 0 radical (unpaired) electrons. The highest BCUT2D eigenvalue weighted by Crippen LogP contribution is 2.28. The molecule has 5 N–H and O–H groups in total. The molecule has 1 aromatic heterocycles. The highest BCUT2D eigenvalue weighted by atomic mass is 32.1. The molecule has 1 saturated heterocycles. The number of thiazole rings is 1. The first-order valence-corrected chi connectivity index (χ1v) is 14.6. The molecule has 46 heavy (non-hydrogen) atoms. The molecule has 0 spiro atoms. The summed E-state index contributed by atoms with van der Waals surface area (Å²) in [6.07, 6.45) is 0.304. The molecule has 0 bridgehead atoms. The Morgan fingerprint density at radius 2 is 1.35 bits per heavy atom. The first-order chi connectivity index (χ1) is 21.8. The average molecular weight is 661 g/mol. The van der Waals surface area contributed by atoms with Crippen molar-refractivity contribution < 1.29 is 53.9 Å². The fourth-order valence-corrected chi connectivity index (χ4v) is 4.90. The zero-order chi connectivity index (χ0) is 34.2. The minimum absolute atomic E-state index is 0.0287. The molecule has 248 valence electrons. The van der Waals surface area contributed by atoms with E-state index in [-0.39, 0.29) is 5.91 Å². The third-order valence-electron chi connectivity index (χ3n) is 6.40. The number of para-hydroxylation sites is 1. The molecule has 2 heterocycles. The molecule has 0 saturated carbocycles. The van der Waals surface area contributed by atoms with Gasteiger partial charge in [0.15, 0.2) is 11.5 Å². The first-order valence-electron chi connectivity index (χ1n) is 13.7. The van der Waals surface area contributed by atoms with E-state index in [0.717, 1.165) is 72.7 Å². The van der Waals surface area contributed by atoms with Crippen molar-refractivity contribution >= 4 is 46.8 Å². The summed E-state index contributed by atoms with van der Waals surface area (Å²) in [6, 6.07) is 13.9. The van der Waals surface area contributed by atoms with Crippen LogP contribution in [0, 0.1) is 6.92 Å². The van der Waals surface area contributed by atoms with Gasteiger partial charge in [-0.1, -0.05) is 24.3 Å². The number of nitrogens with one attached hydrogen (secondary N) is 1. The second kappa shape index (κ2) is 18.7. The molecule has 15 nitrogen and oxygen atoms in total. The van der Waals surface area contributed by atoms with Gasteiger partial charge in [-0.2, -0.15) is 0 Å². The minimum Gasteiger partial charge on any atom is -0.493 e. The number of rotatable bonds is 9. The molecule has 0 atom stereocenters. The number of benzene rings is 2. The number of piperazine rings is 1. The number of methoxy groups -OCH3 is 2. The topological polar surface area (TPSA) is 216 Å². The number of carbonyl (C=O) groups excluding carboxylic acids is 1. The van der Waals surface area contributed by atoms with Crippen LogP contribution in [-0.4, -0.2) is 105 Å². The lowest BCUT2D eigenvalue weighted by atomic mass is 10.1. The zero-order valence-corrected chi connectivity index (χ0v) is 26.3. The molecule has 2 aromatic carbocycles. The van der Waals surface area contributed by atoms with Gasteiger partial charge in [0.1, 0.15) is 5.01 Å². The van der Waals surface area contributed by atoms with Crippen LogP contribution in [0.5, 0.6) is 11.5 Å². The van der Waals surface area contributed by atoms with Gasteiger partial charge in [0.2, 0.25) is 5.91 Å². The quantitative estimate of drug-likeness (QED) is 0.208. The SMILES string of the molecule is COc1ccc(CN2CCN(Cc3csc(CC(=O)Nc4ccccc4C)n3)CC2)cc1OC.O=C(O)C(=O)O.O=C(O)C(=O)O. The zero-order valence-electron chi connectivity index (χ0n) is 25.5. The number of carbonyl (C=O) groups is 5. The Balaban J connectivity index is 0.000000522. The van der Waals surface area contributed by atoms with Crippen LogP contribution in [0.2, 0.25) is 0 Å². The van der Waals surface area contributed by atoms with Crippen LogP contribution < -0.4 is 14.8 Å². The second-order valence-electron chi connectivity index (χ2n) is 9.73. The van der Waals surface area contributed by atoms with Crippen LogP contribution in [-0.2, 0) is 43.5 Å².